The summed E-state index contributed by atoms with van der Waals surface area (Å²) in [6, 6.07) is 1.70. The van der Waals surface area contributed by atoms with E-state index in [0.29, 0.717) is 18.2 Å². The third-order valence-corrected chi connectivity index (χ3v) is 4.35. The van der Waals surface area contributed by atoms with Crippen molar-refractivity contribution in [2.45, 2.75) is 31.1 Å². The van der Waals surface area contributed by atoms with Crippen molar-refractivity contribution >= 4 is 15.7 Å². The fourth-order valence-corrected chi connectivity index (χ4v) is 2.87. The van der Waals surface area contributed by atoms with E-state index in [9.17, 15) is 8.42 Å². The third kappa shape index (κ3) is 3.43. The van der Waals surface area contributed by atoms with Gasteiger partial charge in [0.1, 0.15) is 4.90 Å². The minimum Gasteiger partial charge on any atom is -0.384 e. The van der Waals surface area contributed by atoms with Gasteiger partial charge in [0.15, 0.2) is 0 Å². The first kappa shape index (κ1) is 13.3. The summed E-state index contributed by atoms with van der Waals surface area (Å²) in [4.78, 5) is 4.14. The number of pyridine rings is 1. The highest BCUT2D eigenvalue weighted by Gasteiger charge is 2.25. The van der Waals surface area contributed by atoms with Gasteiger partial charge in [-0.2, -0.15) is 0 Å². The van der Waals surface area contributed by atoms with E-state index in [2.05, 4.69) is 15.0 Å². The Hall–Kier alpha value is -1.14. The molecule has 1 aromatic heterocycles. The smallest absolute Gasteiger partial charge is 0.244 e. The molecular weight excluding hydrogens is 250 g/mol. The van der Waals surface area contributed by atoms with Crippen molar-refractivity contribution in [3.8, 4) is 0 Å². The molecule has 18 heavy (non-hydrogen) atoms. The SMILES string of the molecule is CCCNc1ccncc1S(=O)(=O)NCC1CC1. The zero-order valence-electron chi connectivity index (χ0n) is 10.5. The summed E-state index contributed by atoms with van der Waals surface area (Å²) >= 11 is 0. The van der Waals surface area contributed by atoms with Crippen LogP contribution in [-0.4, -0.2) is 26.5 Å². The average Bonchev–Trinajstić information content (AvgIpc) is 3.18. The Kier molecular flexibility index (Phi) is 4.19. The molecule has 0 bridgehead atoms. The van der Waals surface area contributed by atoms with Crippen molar-refractivity contribution in [2.75, 3.05) is 18.4 Å². The number of rotatable bonds is 7. The molecule has 0 aliphatic heterocycles. The van der Waals surface area contributed by atoms with Gasteiger partial charge in [0.05, 0.1) is 5.69 Å². The highest BCUT2D eigenvalue weighted by Crippen LogP contribution is 2.28. The Labute approximate surface area is 108 Å². The van der Waals surface area contributed by atoms with Crippen LogP contribution in [0, 0.1) is 5.92 Å². The van der Waals surface area contributed by atoms with E-state index in [1.165, 1.54) is 6.20 Å². The zero-order chi connectivity index (χ0) is 13.0. The maximum Gasteiger partial charge on any atom is 0.244 e. The molecule has 1 fully saturated rings. The molecule has 0 aromatic carbocycles. The number of nitrogens with zero attached hydrogens (tertiary/aromatic N) is 1. The summed E-state index contributed by atoms with van der Waals surface area (Å²) in [5.41, 5.74) is 0.621. The van der Waals surface area contributed by atoms with Gasteiger partial charge in [-0.05, 0) is 31.2 Å². The molecule has 0 amide bonds. The maximum atomic E-state index is 12.2. The highest BCUT2D eigenvalue weighted by atomic mass is 32.2. The lowest BCUT2D eigenvalue weighted by Gasteiger charge is -2.12. The highest BCUT2D eigenvalue weighted by molar-refractivity contribution is 7.89. The molecule has 1 aliphatic carbocycles. The minimum absolute atomic E-state index is 0.235. The zero-order valence-corrected chi connectivity index (χ0v) is 11.3. The van der Waals surface area contributed by atoms with Crippen molar-refractivity contribution in [1.82, 2.24) is 9.71 Å². The van der Waals surface area contributed by atoms with Gasteiger partial charge in [0.2, 0.25) is 10.0 Å². The molecule has 0 atom stereocenters. The summed E-state index contributed by atoms with van der Waals surface area (Å²) < 4.78 is 27.0. The van der Waals surface area contributed by atoms with Crippen molar-refractivity contribution in [3.05, 3.63) is 18.5 Å². The van der Waals surface area contributed by atoms with Crippen LogP contribution in [0.15, 0.2) is 23.4 Å². The van der Waals surface area contributed by atoms with Gasteiger partial charge in [-0.25, -0.2) is 13.1 Å². The molecule has 1 heterocycles. The van der Waals surface area contributed by atoms with E-state index in [1.807, 2.05) is 6.92 Å². The van der Waals surface area contributed by atoms with Crippen molar-refractivity contribution in [3.63, 3.8) is 0 Å². The Morgan fingerprint density at radius 2 is 2.22 bits per heavy atom. The quantitative estimate of drug-likeness (QED) is 0.788. The fourth-order valence-electron chi connectivity index (χ4n) is 1.63. The standard InChI is InChI=1S/C12H19N3O2S/c1-2-6-14-11-5-7-13-9-12(11)18(16,17)15-8-10-3-4-10/h5,7,9-10,15H,2-4,6,8H2,1H3,(H,13,14). The van der Waals surface area contributed by atoms with Gasteiger partial charge in [0, 0.05) is 25.5 Å². The second-order valence-corrected chi connectivity index (χ2v) is 6.33. The van der Waals surface area contributed by atoms with Crippen molar-refractivity contribution < 1.29 is 8.42 Å². The van der Waals surface area contributed by atoms with E-state index in [-0.39, 0.29) is 4.90 Å². The molecule has 6 heteroatoms. The normalized spacial score (nSPS) is 15.6. The predicted molar refractivity (Wildman–Crippen MR) is 70.9 cm³/mol. The lowest BCUT2D eigenvalue weighted by atomic mass is 10.4. The van der Waals surface area contributed by atoms with Crippen LogP contribution in [0.5, 0.6) is 0 Å². The lowest BCUT2D eigenvalue weighted by Crippen LogP contribution is -2.26. The molecule has 100 valence electrons. The summed E-state index contributed by atoms with van der Waals surface area (Å²) in [5.74, 6) is 0.517. The van der Waals surface area contributed by atoms with Crippen LogP contribution in [0.25, 0.3) is 0 Å². The van der Waals surface area contributed by atoms with Crippen molar-refractivity contribution in [1.29, 1.82) is 0 Å². The first-order valence-corrected chi connectivity index (χ1v) is 7.79. The van der Waals surface area contributed by atoms with Gasteiger partial charge >= 0.3 is 0 Å². The van der Waals surface area contributed by atoms with Gasteiger partial charge < -0.3 is 5.32 Å². The Bertz CT molecular complexity index is 498. The molecular formula is C12H19N3O2S. The van der Waals surface area contributed by atoms with Crippen LogP contribution in [0.4, 0.5) is 5.69 Å². The van der Waals surface area contributed by atoms with E-state index in [1.54, 1.807) is 12.3 Å². The summed E-state index contributed by atoms with van der Waals surface area (Å²) in [6.07, 6.45) is 6.18. The average molecular weight is 269 g/mol. The van der Waals surface area contributed by atoms with Crippen LogP contribution >= 0.6 is 0 Å². The third-order valence-electron chi connectivity index (χ3n) is 2.90. The van der Waals surface area contributed by atoms with Gasteiger partial charge in [-0.15, -0.1) is 0 Å². The molecule has 5 nitrogen and oxygen atoms in total. The van der Waals surface area contributed by atoms with Crippen LogP contribution < -0.4 is 10.0 Å². The largest absolute Gasteiger partial charge is 0.384 e. The predicted octanol–water partition coefficient (Wildman–Crippen LogP) is 1.59. The molecule has 2 N–H and O–H groups in total. The summed E-state index contributed by atoms with van der Waals surface area (Å²) in [5, 5.41) is 3.11. The van der Waals surface area contributed by atoms with Gasteiger partial charge in [0.25, 0.3) is 0 Å². The van der Waals surface area contributed by atoms with Crippen LogP contribution in [-0.2, 0) is 10.0 Å². The number of anilines is 1. The van der Waals surface area contributed by atoms with E-state index in [4.69, 9.17) is 0 Å². The van der Waals surface area contributed by atoms with Gasteiger partial charge in [-0.3, -0.25) is 4.98 Å². The maximum absolute atomic E-state index is 12.2. The lowest BCUT2D eigenvalue weighted by molar-refractivity contribution is 0.577. The Morgan fingerprint density at radius 3 is 2.89 bits per heavy atom. The van der Waals surface area contributed by atoms with Crippen LogP contribution in [0.2, 0.25) is 0 Å². The minimum atomic E-state index is -3.45. The first-order valence-electron chi connectivity index (χ1n) is 6.31. The molecule has 0 saturated heterocycles. The number of aromatic nitrogens is 1. The van der Waals surface area contributed by atoms with Crippen LogP contribution in [0.1, 0.15) is 26.2 Å². The number of nitrogens with one attached hydrogen (secondary N) is 2. The second-order valence-electron chi connectivity index (χ2n) is 4.59. The Morgan fingerprint density at radius 1 is 1.44 bits per heavy atom. The molecule has 0 unspecified atom stereocenters. The van der Waals surface area contributed by atoms with Crippen molar-refractivity contribution in [2.24, 2.45) is 5.92 Å². The van der Waals surface area contributed by atoms with E-state index < -0.39 is 10.0 Å². The fraction of sp³-hybridized carbons (Fsp3) is 0.583. The monoisotopic (exact) mass is 269 g/mol. The molecule has 1 aliphatic rings. The number of hydrogen-bond donors (Lipinski definition) is 2. The Balaban J connectivity index is 2.13. The molecule has 0 spiro atoms. The first-order chi connectivity index (χ1) is 8.63. The number of sulfonamides is 1. The van der Waals surface area contributed by atoms with E-state index in [0.717, 1.165) is 25.8 Å². The molecule has 0 radical (unpaired) electrons. The molecule has 1 saturated carbocycles. The van der Waals surface area contributed by atoms with Crippen LogP contribution in [0.3, 0.4) is 0 Å². The topological polar surface area (TPSA) is 71.1 Å². The molecule has 2 rings (SSSR count). The molecule has 1 aromatic rings. The summed E-state index contributed by atoms with van der Waals surface area (Å²) in [7, 11) is -3.45. The summed E-state index contributed by atoms with van der Waals surface area (Å²) in [6.45, 7) is 3.31. The second kappa shape index (κ2) is 5.67. The van der Waals surface area contributed by atoms with E-state index >= 15 is 0 Å². The number of hydrogen-bond acceptors (Lipinski definition) is 4. The van der Waals surface area contributed by atoms with Gasteiger partial charge in [-0.1, -0.05) is 6.92 Å².